The summed E-state index contributed by atoms with van der Waals surface area (Å²) in [5, 5.41) is 6.65. The van der Waals surface area contributed by atoms with Crippen LogP contribution >= 0.6 is 0 Å². The second-order valence-electron chi connectivity index (χ2n) is 7.19. The quantitative estimate of drug-likeness (QED) is 0.504. The molecule has 1 aromatic heterocycles. The summed E-state index contributed by atoms with van der Waals surface area (Å²) in [6.07, 6.45) is 5.68. The van der Waals surface area contributed by atoms with Crippen molar-refractivity contribution < 1.29 is 9.47 Å². The topological polar surface area (TPSA) is 71.0 Å². The van der Waals surface area contributed by atoms with Crippen LogP contribution in [0, 0.1) is 0 Å². The van der Waals surface area contributed by atoms with Gasteiger partial charge in [0.1, 0.15) is 5.82 Å². The molecule has 162 valence electrons. The van der Waals surface area contributed by atoms with Crippen LogP contribution in [0.5, 0.6) is 11.5 Å². The Balaban J connectivity index is 1.70. The van der Waals surface area contributed by atoms with Crippen LogP contribution in [0.2, 0.25) is 0 Å². The van der Waals surface area contributed by atoms with Gasteiger partial charge >= 0.3 is 0 Å². The minimum atomic E-state index is 0.576. The van der Waals surface area contributed by atoms with Crippen LogP contribution in [-0.2, 0) is 6.54 Å². The minimum absolute atomic E-state index is 0.576. The molecule has 0 aliphatic carbocycles. The fourth-order valence-electron chi connectivity index (χ4n) is 3.49. The highest BCUT2D eigenvalue weighted by Gasteiger charge is 2.12. The van der Waals surface area contributed by atoms with E-state index >= 15 is 0 Å². The summed E-state index contributed by atoms with van der Waals surface area (Å²) in [4.78, 5) is 11.7. The van der Waals surface area contributed by atoms with E-state index in [0.717, 1.165) is 48.4 Å². The number of benzene rings is 1. The number of pyridine rings is 1. The highest BCUT2D eigenvalue weighted by Crippen LogP contribution is 2.30. The Bertz CT molecular complexity index is 834. The molecule has 30 heavy (non-hydrogen) atoms. The van der Waals surface area contributed by atoms with Gasteiger partial charge < -0.3 is 25.0 Å². The van der Waals surface area contributed by atoms with E-state index in [0.29, 0.717) is 18.9 Å². The summed E-state index contributed by atoms with van der Waals surface area (Å²) in [5.74, 6) is 3.20. The molecule has 2 aromatic rings. The van der Waals surface area contributed by atoms with E-state index in [2.05, 4.69) is 33.5 Å². The predicted molar refractivity (Wildman–Crippen MR) is 123 cm³/mol. The Morgan fingerprint density at radius 2 is 1.93 bits per heavy atom. The number of piperidine rings is 1. The van der Waals surface area contributed by atoms with Crippen LogP contribution in [0.4, 0.5) is 11.5 Å². The molecule has 1 fully saturated rings. The number of aliphatic imine (C=N–C) groups is 1. The normalized spacial score (nSPS) is 14.4. The van der Waals surface area contributed by atoms with Gasteiger partial charge in [-0.25, -0.2) is 9.98 Å². The maximum absolute atomic E-state index is 5.59. The van der Waals surface area contributed by atoms with Crippen molar-refractivity contribution in [2.24, 2.45) is 4.99 Å². The zero-order chi connectivity index (χ0) is 21.2. The summed E-state index contributed by atoms with van der Waals surface area (Å²) in [6, 6.07) is 9.96. The number of ether oxygens (including phenoxy) is 2. The van der Waals surface area contributed by atoms with Gasteiger partial charge in [-0.15, -0.1) is 0 Å². The molecule has 0 amide bonds. The summed E-state index contributed by atoms with van der Waals surface area (Å²) in [5.41, 5.74) is 2.03. The summed E-state index contributed by atoms with van der Waals surface area (Å²) in [6.45, 7) is 8.13. The lowest BCUT2D eigenvalue weighted by Crippen LogP contribution is -2.31. The number of nitrogens with one attached hydrogen (secondary N) is 2. The smallest absolute Gasteiger partial charge is 0.196 e. The molecule has 1 aliphatic rings. The number of hydrogen-bond acceptors (Lipinski definition) is 5. The Morgan fingerprint density at radius 3 is 2.67 bits per heavy atom. The molecular weight excluding hydrogens is 378 g/mol. The molecule has 3 rings (SSSR count). The van der Waals surface area contributed by atoms with Crippen LogP contribution in [-0.4, -0.2) is 44.3 Å². The largest absolute Gasteiger partial charge is 0.493 e. The van der Waals surface area contributed by atoms with Gasteiger partial charge in [0.15, 0.2) is 17.5 Å². The lowest BCUT2D eigenvalue weighted by Gasteiger charge is -2.27. The van der Waals surface area contributed by atoms with Gasteiger partial charge in [-0.05, 0) is 62.9 Å². The molecule has 1 aliphatic heterocycles. The molecule has 1 aromatic carbocycles. The van der Waals surface area contributed by atoms with Gasteiger partial charge in [-0.2, -0.15) is 0 Å². The molecule has 7 nitrogen and oxygen atoms in total. The van der Waals surface area contributed by atoms with Gasteiger partial charge in [0.05, 0.1) is 20.3 Å². The van der Waals surface area contributed by atoms with Crippen molar-refractivity contribution in [2.75, 3.05) is 43.6 Å². The minimum Gasteiger partial charge on any atom is -0.493 e. The molecule has 2 heterocycles. The lowest BCUT2D eigenvalue weighted by atomic mass is 10.1. The number of anilines is 2. The van der Waals surface area contributed by atoms with E-state index in [-0.39, 0.29) is 0 Å². The van der Waals surface area contributed by atoms with E-state index in [1.165, 1.54) is 19.3 Å². The molecule has 0 unspecified atom stereocenters. The van der Waals surface area contributed by atoms with E-state index in [1.54, 1.807) is 7.11 Å². The van der Waals surface area contributed by atoms with Crippen LogP contribution in [0.15, 0.2) is 41.5 Å². The number of rotatable bonds is 8. The first-order chi connectivity index (χ1) is 14.7. The highest BCUT2D eigenvalue weighted by atomic mass is 16.5. The van der Waals surface area contributed by atoms with Crippen molar-refractivity contribution in [2.45, 2.75) is 39.7 Å². The monoisotopic (exact) mass is 411 g/mol. The summed E-state index contributed by atoms with van der Waals surface area (Å²) < 4.78 is 11.0. The van der Waals surface area contributed by atoms with Crippen LogP contribution in [0.3, 0.4) is 0 Å². The zero-order valence-corrected chi connectivity index (χ0v) is 18.3. The van der Waals surface area contributed by atoms with Crippen LogP contribution in [0.25, 0.3) is 0 Å². The zero-order valence-electron chi connectivity index (χ0n) is 18.3. The molecule has 0 bridgehead atoms. The van der Waals surface area contributed by atoms with E-state index in [9.17, 15) is 0 Å². The number of aromatic nitrogens is 1. The van der Waals surface area contributed by atoms with Crippen molar-refractivity contribution >= 4 is 17.5 Å². The summed E-state index contributed by atoms with van der Waals surface area (Å²) >= 11 is 0. The fraction of sp³-hybridized carbons (Fsp3) is 0.478. The van der Waals surface area contributed by atoms with Crippen molar-refractivity contribution in [1.82, 2.24) is 10.3 Å². The first-order valence-electron chi connectivity index (χ1n) is 10.8. The Labute approximate surface area is 179 Å². The molecule has 0 saturated carbocycles. The second-order valence-corrected chi connectivity index (χ2v) is 7.19. The second kappa shape index (κ2) is 11.3. The first-order valence-corrected chi connectivity index (χ1v) is 10.8. The van der Waals surface area contributed by atoms with Crippen molar-refractivity contribution in [3.8, 4) is 11.5 Å². The van der Waals surface area contributed by atoms with Crippen molar-refractivity contribution in [3.05, 3.63) is 42.1 Å². The first kappa shape index (κ1) is 21.7. The molecule has 0 radical (unpaired) electrons. The third-order valence-corrected chi connectivity index (χ3v) is 4.98. The van der Waals surface area contributed by atoms with Gasteiger partial charge in [0, 0.05) is 37.6 Å². The molecular formula is C23H33N5O2. The van der Waals surface area contributed by atoms with Gasteiger partial charge in [0.25, 0.3) is 0 Å². The predicted octanol–water partition coefficient (Wildman–Crippen LogP) is 4.06. The third kappa shape index (κ3) is 6.02. The van der Waals surface area contributed by atoms with E-state index in [4.69, 9.17) is 14.5 Å². The third-order valence-electron chi connectivity index (χ3n) is 4.98. The molecule has 1 saturated heterocycles. The maximum atomic E-state index is 5.59. The average Bonchev–Trinajstić information content (AvgIpc) is 2.79. The van der Waals surface area contributed by atoms with E-state index in [1.807, 2.05) is 37.4 Å². The summed E-state index contributed by atoms with van der Waals surface area (Å²) in [7, 11) is 1.64. The lowest BCUT2D eigenvalue weighted by molar-refractivity contribution is 0.311. The van der Waals surface area contributed by atoms with Gasteiger partial charge in [-0.1, -0.05) is 0 Å². The fourth-order valence-corrected chi connectivity index (χ4v) is 3.49. The molecule has 7 heteroatoms. The van der Waals surface area contributed by atoms with Gasteiger partial charge in [0.2, 0.25) is 0 Å². The van der Waals surface area contributed by atoms with Crippen molar-refractivity contribution in [3.63, 3.8) is 0 Å². The number of nitrogens with zero attached hydrogens (tertiary/aromatic N) is 3. The number of guanidine groups is 1. The average molecular weight is 412 g/mol. The maximum Gasteiger partial charge on any atom is 0.196 e. The number of hydrogen-bond donors (Lipinski definition) is 2. The highest BCUT2D eigenvalue weighted by molar-refractivity contribution is 5.93. The Morgan fingerprint density at radius 1 is 1.10 bits per heavy atom. The van der Waals surface area contributed by atoms with Gasteiger partial charge in [-0.3, -0.25) is 0 Å². The number of methoxy groups -OCH3 is 1. The Hall–Kier alpha value is -2.96. The SMILES string of the molecule is CCNC(=NCc1ccnc(N2CCCCC2)c1)Nc1ccc(OCC)c(OC)c1. The van der Waals surface area contributed by atoms with E-state index < -0.39 is 0 Å². The van der Waals surface area contributed by atoms with Crippen LogP contribution in [0.1, 0.15) is 38.7 Å². The molecule has 2 N–H and O–H groups in total. The molecule has 0 spiro atoms. The van der Waals surface area contributed by atoms with Crippen molar-refractivity contribution in [1.29, 1.82) is 0 Å². The van der Waals surface area contributed by atoms with Crippen LogP contribution < -0.4 is 25.0 Å². The Kier molecular flexibility index (Phi) is 8.18. The molecule has 0 atom stereocenters. The standard InChI is InChI=1S/C23H33N5O2/c1-4-24-23(27-19-9-10-20(30-5-2)21(16-19)29-3)26-17-18-11-12-25-22(15-18)28-13-7-6-8-14-28/h9-12,15-16H,4-8,13-14,17H2,1-3H3,(H2,24,26,27).